The van der Waals surface area contributed by atoms with Crippen LogP contribution >= 0.6 is 0 Å². The molecule has 2 heterocycles. The highest BCUT2D eigenvalue weighted by molar-refractivity contribution is 5.95. The zero-order valence-corrected chi connectivity index (χ0v) is 16.8. The van der Waals surface area contributed by atoms with Gasteiger partial charge in [-0.3, -0.25) is 4.79 Å². The number of nitrogens with zero attached hydrogens (tertiary/aromatic N) is 1. The topological polar surface area (TPSA) is 52.5 Å². The van der Waals surface area contributed by atoms with E-state index in [0.29, 0.717) is 42.0 Å². The van der Waals surface area contributed by atoms with Crippen molar-refractivity contribution in [3.8, 4) is 11.4 Å². The molecule has 2 aromatic carbocycles. The van der Waals surface area contributed by atoms with E-state index in [2.05, 4.69) is 5.32 Å². The molecular formula is C23H22F2N2O3. The second kappa shape index (κ2) is 8.28. The Bertz CT molecular complexity index is 1090. The van der Waals surface area contributed by atoms with Gasteiger partial charge in [-0.15, -0.1) is 0 Å². The second-order valence-electron chi connectivity index (χ2n) is 7.27. The van der Waals surface area contributed by atoms with Crippen LogP contribution in [-0.4, -0.2) is 23.8 Å². The maximum Gasteiger partial charge on any atom is 0.253 e. The molecule has 7 heteroatoms. The quantitative estimate of drug-likeness (QED) is 0.683. The number of hydrogen-bond donors (Lipinski definition) is 1. The van der Waals surface area contributed by atoms with E-state index in [-0.39, 0.29) is 24.3 Å². The molecule has 1 aliphatic heterocycles. The lowest BCUT2D eigenvalue weighted by atomic mass is 10.1. The molecule has 0 atom stereocenters. The number of benzene rings is 2. The van der Waals surface area contributed by atoms with E-state index in [4.69, 9.17) is 9.47 Å². The maximum absolute atomic E-state index is 13.9. The fourth-order valence-electron chi connectivity index (χ4n) is 3.83. The Morgan fingerprint density at radius 3 is 2.63 bits per heavy atom. The predicted molar refractivity (Wildman–Crippen MR) is 108 cm³/mol. The van der Waals surface area contributed by atoms with Crippen molar-refractivity contribution in [1.82, 2.24) is 9.88 Å². The van der Waals surface area contributed by atoms with E-state index >= 15 is 0 Å². The number of ether oxygens (including phenoxy) is 2. The Hall–Kier alpha value is -3.19. The summed E-state index contributed by atoms with van der Waals surface area (Å²) in [7, 11) is 0. The molecule has 5 nitrogen and oxygen atoms in total. The van der Waals surface area contributed by atoms with E-state index in [0.717, 1.165) is 17.1 Å². The maximum atomic E-state index is 13.9. The Morgan fingerprint density at radius 1 is 1.10 bits per heavy atom. The van der Waals surface area contributed by atoms with Crippen molar-refractivity contribution in [3.63, 3.8) is 0 Å². The summed E-state index contributed by atoms with van der Waals surface area (Å²) in [6, 6.07) is 10.8. The first-order valence-electron chi connectivity index (χ1n) is 9.69. The van der Waals surface area contributed by atoms with Gasteiger partial charge in [-0.1, -0.05) is 0 Å². The molecule has 1 N–H and O–H groups in total. The van der Waals surface area contributed by atoms with Crippen LogP contribution in [0.5, 0.6) is 5.75 Å². The summed E-state index contributed by atoms with van der Waals surface area (Å²) >= 11 is 0. The largest absolute Gasteiger partial charge is 0.467 e. The Kier molecular flexibility index (Phi) is 5.55. The molecule has 3 aromatic rings. The number of amides is 1. The van der Waals surface area contributed by atoms with Crippen molar-refractivity contribution in [2.75, 3.05) is 13.3 Å². The number of hydrogen-bond acceptors (Lipinski definition) is 3. The van der Waals surface area contributed by atoms with Gasteiger partial charge in [-0.05, 0) is 68.3 Å². The molecule has 0 bridgehead atoms. The van der Waals surface area contributed by atoms with Gasteiger partial charge in [-0.25, -0.2) is 8.78 Å². The first-order chi connectivity index (χ1) is 14.4. The van der Waals surface area contributed by atoms with Gasteiger partial charge >= 0.3 is 0 Å². The normalized spacial score (nSPS) is 12.9. The zero-order chi connectivity index (χ0) is 21.3. The van der Waals surface area contributed by atoms with E-state index in [9.17, 15) is 13.6 Å². The first-order valence-corrected chi connectivity index (χ1v) is 9.69. The van der Waals surface area contributed by atoms with Gasteiger partial charge in [-0.2, -0.15) is 0 Å². The summed E-state index contributed by atoms with van der Waals surface area (Å²) in [6.07, 6.45) is 0.433. The van der Waals surface area contributed by atoms with Crippen LogP contribution in [0.1, 0.15) is 32.9 Å². The summed E-state index contributed by atoms with van der Waals surface area (Å²) in [5.41, 5.74) is 4.34. The van der Waals surface area contributed by atoms with Crippen molar-refractivity contribution in [2.45, 2.75) is 26.9 Å². The lowest BCUT2D eigenvalue weighted by Crippen LogP contribution is -2.26. The molecule has 30 heavy (non-hydrogen) atoms. The van der Waals surface area contributed by atoms with Gasteiger partial charge in [0.2, 0.25) is 0 Å². The molecule has 0 unspecified atom stereocenters. The molecule has 1 aliphatic rings. The highest BCUT2D eigenvalue weighted by Crippen LogP contribution is 2.29. The standard InChI is InChI=1S/C23H22F2N2O3/c1-14-9-21(15(2)27(14)20-5-3-18(24)4-6-20)23(28)26-8-7-16-10-19(25)11-17-12-29-13-30-22(16)17/h3-6,9-11H,7-8,12-13H2,1-2H3,(H,26,28). The third-order valence-electron chi connectivity index (χ3n) is 5.19. The molecule has 1 amide bonds. The van der Waals surface area contributed by atoms with Crippen LogP contribution in [0.4, 0.5) is 8.78 Å². The predicted octanol–water partition coefficient (Wildman–Crippen LogP) is 4.21. The summed E-state index contributed by atoms with van der Waals surface area (Å²) in [5, 5.41) is 2.89. The first kappa shape index (κ1) is 20.1. The number of carbonyl (C=O) groups is 1. The number of nitrogens with one attached hydrogen (secondary N) is 1. The van der Waals surface area contributed by atoms with Crippen LogP contribution in [0, 0.1) is 25.5 Å². The van der Waals surface area contributed by atoms with Gasteiger partial charge < -0.3 is 19.4 Å². The summed E-state index contributed by atoms with van der Waals surface area (Å²) in [4.78, 5) is 12.8. The van der Waals surface area contributed by atoms with E-state index in [1.54, 1.807) is 18.2 Å². The highest BCUT2D eigenvalue weighted by atomic mass is 19.1. The fraction of sp³-hybridized carbons (Fsp3) is 0.261. The average Bonchev–Trinajstić information content (AvgIpc) is 3.02. The van der Waals surface area contributed by atoms with Crippen molar-refractivity contribution >= 4 is 5.91 Å². The Balaban J connectivity index is 1.47. The number of carbonyl (C=O) groups excluding carboxylic acids is 1. The summed E-state index contributed by atoms with van der Waals surface area (Å²) < 4.78 is 39.7. The van der Waals surface area contributed by atoms with Crippen LogP contribution in [0.2, 0.25) is 0 Å². The molecule has 1 aromatic heterocycles. The lowest BCUT2D eigenvalue weighted by molar-refractivity contribution is -0.0172. The molecule has 0 spiro atoms. The highest BCUT2D eigenvalue weighted by Gasteiger charge is 2.19. The molecule has 0 aliphatic carbocycles. The van der Waals surface area contributed by atoms with E-state index in [1.807, 2.05) is 18.4 Å². The van der Waals surface area contributed by atoms with Crippen LogP contribution in [-0.2, 0) is 17.8 Å². The van der Waals surface area contributed by atoms with Crippen molar-refractivity contribution in [3.05, 3.63) is 82.2 Å². The van der Waals surface area contributed by atoms with Crippen LogP contribution in [0.3, 0.4) is 0 Å². The molecule has 0 saturated carbocycles. The number of rotatable bonds is 5. The minimum Gasteiger partial charge on any atom is -0.467 e. The van der Waals surface area contributed by atoms with Crippen molar-refractivity contribution in [2.24, 2.45) is 0 Å². The van der Waals surface area contributed by atoms with Crippen LogP contribution < -0.4 is 10.1 Å². The van der Waals surface area contributed by atoms with Crippen LogP contribution in [0.25, 0.3) is 5.69 Å². The molecule has 0 fully saturated rings. The monoisotopic (exact) mass is 412 g/mol. The molecule has 156 valence electrons. The third kappa shape index (κ3) is 3.93. The van der Waals surface area contributed by atoms with Gasteiger partial charge in [0.1, 0.15) is 17.4 Å². The third-order valence-corrected chi connectivity index (χ3v) is 5.19. The molecule has 4 rings (SSSR count). The molecule has 0 radical (unpaired) electrons. The minimum absolute atomic E-state index is 0.132. The van der Waals surface area contributed by atoms with Gasteiger partial charge in [0, 0.05) is 29.2 Å². The fourth-order valence-corrected chi connectivity index (χ4v) is 3.83. The minimum atomic E-state index is -0.355. The second-order valence-corrected chi connectivity index (χ2v) is 7.27. The average molecular weight is 412 g/mol. The van der Waals surface area contributed by atoms with Gasteiger partial charge in [0.15, 0.2) is 6.79 Å². The SMILES string of the molecule is Cc1cc(C(=O)NCCc2cc(F)cc3c2OCOC3)c(C)n1-c1ccc(F)cc1. The van der Waals surface area contributed by atoms with Crippen molar-refractivity contribution in [1.29, 1.82) is 0 Å². The zero-order valence-electron chi connectivity index (χ0n) is 16.8. The Morgan fingerprint density at radius 2 is 1.87 bits per heavy atom. The number of aryl methyl sites for hydroxylation is 1. The van der Waals surface area contributed by atoms with Gasteiger partial charge in [0.05, 0.1) is 12.2 Å². The van der Waals surface area contributed by atoms with Gasteiger partial charge in [0.25, 0.3) is 5.91 Å². The number of aromatic nitrogens is 1. The Labute approximate surface area is 173 Å². The smallest absolute Gasteiger partial charge is 0.253 e. The van der Waals surface area contributed by atoms with Crippen LogP contribution in [0.15, 0.2) is 42.5 Å². The summed E-state index contributed by atoms with van der Waals surface area (Å²) in [5.74, 6) is -0.251. The van der Waals surface area contributed by atoms with E-state index in [1.165, 1.54) is 24.3 Å². The van der Waals surface area contributed by atoms with E-state index < -0.39 is 0 Å². The molecule has 0 saturated heterocycles. The number of halogens is 2. The van der Waals surface area contributed by atoms with Crippen molar-refractivity contribution < 1.29 is 23.0 Å². The summed E-state index contributed by atoms with van der Waals surface area (Å²) in [6.45, 7) is 4.52. The molecular weight excluding hydrogens is 390 g/mol. The lowest BCUT2D eigenvalue weighted by Gasteiger charge is -2.21. The number of fused-ring (bicyclic) bond motifs is 1.